The van der Waals surface area contributed by atoms with Gasteiger partial charge in [0.2, 0.25) is 5.91 Å². The van der Waals surface area contributed by atoms with E-state index in [1.165, 1.54) is 16.7 Å². The predicted molar refractivity (Wildman–Crippen MR) is 111 cm³/mol. The van der Waals surface area contributed by atoms with Gasteiger partial charge in [0.25, 0.3) is 0 Å². The molecule has 0 aliphatic carbocycles. The van der Waals surface area contributed by atoms with E-state index in [-0.39, 0.29) is 5.91 Å². The Labute approximate surface area is 161 Å². The Balaban J connectivity index is 1.44. The van der Waals surface area contributed by atoms with Gasteiger partial charge in [-0.05, 0) is 41.5 Å². The first-order chi connectivity index (χ1) is 13.2. The van der Waals surface area contributed by atoms with Crippen molar-refractivity contribution >= 4 is 5.91 Å². The van der Waals surface area contributed by atoms with Crippen molar-refractivity contribution in [3.63, 3.8) is 0 Å². The summed E-state index contributed by atoms with van der Waals surface area (Å²) in [5.74, 6) is -0.0878. The molecule has 0 radical (unpaired) electrons. The van der Waals surface area contributed by atoms with Crippen LogP contribution in [0.3, 0.4) is 0 Å². The molecule has 3 N–H and O–H groups in total. The van der Waals surface area contributed by atoms with Crippen molar-refractivity contribution in [1.82, 2.24) is 5.32 Å². The van der Waals surface area contributed by atoms with Gasteiger partial charge in [-0.15, -0.1) is 0 Å². The number of amides is 1. The molecular weight excluding hydrogens is 332 g/mol. The lowest BCUT2D eigenvalue weighted by Gasteiger charge is -2.13. The van der Waals surface area contributed by atoms with Gasteiger partial charge in [-0.25, -0.2) is 0 Å². The second-order valence-corrected chi connectivity index (χ2v) is 6.75. The van der Waals surface area contributed by atoms with E-state index in [0.29, 0.717) is 13.0 Å². The second-order valence-electron chi connectivity index (χ2n) is 6.75. The fourth-order valence-electron chi connectivity index (χ4n) is 3.09. The smallest absolute Gasteiger partial charge is 0.237 e. The Morgan fingerprint density at radius 1 is 0.778 bits per heavy atom. The van der Waals surface area contributed by atoms with Gasteiger partial charge in [0.15, 0.2) is 0 Å². The number of carbonyl (C=O) groups is 1. The third-order valence-electron chi connectivity index (χ3n) is 4.64. The van der Waals surface area contributed by atoms with Gasteiger partial charge in [0.05, 0.1) is 6.04 Å². The summed E-state index contributed by atoms with van der Waals surface area (Å²) in [6.07, 6.45) is 2.41. The van der Waals surface area contributed by atoms with Crippen LogP contribution in [-0.2, 0) is 17.6 Å². The summed E-state index contributed by atoms with van der Waals surface area (Å²) >= 11 is 0. The summed E-state index contributed by atoms with van der Waals surface area (Å²) in [4.78, 5) is 12.2. The van der Waals surface area contributed by atoms with Crippen molar-refractivity contribution in [2.45, 2.75) is 25.3 Å². The SMILES string of the molecule is NC(Cc1ccc(-c2ccccc2)cc1)C(=O)NCCCc1ccccc1. The number of hydrogen-bond acceptors (Lipinski definition) is 2. The molecule has 1 atom stereocenters. The summed E-state index contributed by atoms with van der Waals surface area (Å²) in [5, 5.41) is 2.95. The van der Waals surface area contributed by atoms with Crippen molar-refractivity contribution in [2.24, 2.45) is 5.73 Å². The monoisotopic (exact) mass is 358 g/mol. The van der Waals surface area contributed by atoms with Crippen LogP contribution in [0.2, 0.25) is 0 Å². The van der Waals surface area contributed by atoms with Gasteiger partial charge < -0.3 is 11.1 Å². The lowest BCUT2D eigenvalue weighted by Crippen LogP contribution is -2.42. The van der Waals surface area contributed by atoms with Gasteiger partial charge in [-0.1, -0.05) is 84.9 Å². The topological polar surface area (TPSA) is 55.1 Å². The van der Waals surface area contributed by atoms with Gasteiger partial charge in [0, 0.05) is 6.54 Å². The largest absolute Gasteiger partial charge is 0.355 e. The standard InChI is InChI=1S/C24H26N2O/c25-23(24(27)26-17-7-10-19-8-3-1-4-9-19)18-20-13-15-22(16-14-20)21-11-5-2-6-12-21/h1-6,8-9,11-16,23H,7,10,17-18,25H2,(H,26,27). The summed E-state index contributed by atoms with van der Waals surface area (Å²) in [7, 11) is 0. The molecule has 138 valence electrons. The van der Waals surface area contributed by atoms with Crippen molar-refractivity contribution in [2.75, 3.05) is 6.54 Å². The summed E-state index contributed by atoms with van der Waals surface area (Å²) in [6, 6.07) is 28.3. The van der Waals surface area contributed by atoms with Crippen LogP contribution in [0.1, 0.15) is 17.5 Å². The molecule has 1 amide bonds. The average Bonchev–Trinajstić information content (AvgIpc) is 2.73. The maximum Gasteiger partial charge on any atom is 0.237 e. The van der Waals surface area contributed by atoms with Crippen LogP contribution in [0.15, 0.2) is 84.9 Å². The first-order valence-electron chi connectivity index (χ1n) is 9.44. The third-order valence-corrected chi connectivity index (χ3v) is 4.64. The van der Waals surface area contributed by atoms with Crippen LogP contribution in [0, 0.1) is 0 Å². The van der Waals surface area contributed by atoms with Gasteiger partial charge >= 0.3 is 0 Å². The van der Waals surface area contributed by atoms with E-state index in [1.54, 1.807) is 0 Å². The van der Waals surface area contributed by atoms with Gasteiger partial charge in [-0.2, -0.15) is 0 Å². The Bertz CT molecular complexity index is 829. The minimum atomic E-state index is -0.524. The zero-order valence-electron chi connectivity index (χ0n) is 15.5. The van der Waals surface area contributed by atoms with Crippen LogP contribution >= 0.6 is 0 Å². The van der Waals surface area contributed by atoms with Crippen LogP contribution < -0.4 is 11.1 Å². The van der Waals surface area contributed by atoms with E-state index < -0.39 is 6.04 Å². The number of aryl methyl sites for hydroxylation is 1. The average molecular weight is 358 g/mol. The van der Waals surface area contributed by atoms with Crippen molar-refractivity contribution in [3.05, 3.63) is 96.1 Å². The van der Waals surface area contributed by atoms with E-state index in [4.69, 9.17) is 5.73 Å². The maximum atomic E-state index is 12.2. The summed E-state index contributed by atoms with van der Waals surface area (Å²) in [5.41, 5.74) is 10.8. The predicted octanol–water partition coefficient (Wildman–Crippen LogP) is 3.97. The van der Waals surface area contributed by atoms with Gasteiger partial charge in [-0.3, -0.25) is 4.79 Å². The minimum absolute atomic E-state index is 0.0878. The highest BCUT2D eigenvalue weighted by Gasteiger charge is 2.13. The van der Waals surface area contributed by atoms with Crippen LogP contribution in [0.25, 0.3) is 11.1 Å². The van der Waals surface area contributed by atoms with E-state index in [0.717, 1.165) is 18.4 Å². The maximum absolute atomic E-state index is 12.2. The molecule has 0 bridgehead atoms. The first-order valence-corrected chi connectivity index (χ1v) is 9.44. The summed E-state index contributed by atoms with van der Waals surface area (Å²) < 4.78 is 0. The molecule has 0 aliphatic heterocycles. The van der Waals surface area contributed by atoms with Crippen LogP contribution in [0.4, 0.5) is 0 Å². The van der Waals surface area contributed by atoms with Crippen LogP contribution in [0.5, 0.6) is 0 Å². The number of benzene rings is 3. The molecule has 0 saturated heterocycles. The molecule has 0 heterocycles. The Kier molecular flexibility index (Phi) is 6.78. The van der Waals surface area contributed by atoms with Crippen LogP contribution in [-0.4, -0.2) is 18.5 Å². The van der Waals surface area contributed by atoms with Gasteiger partial charge in [0.1, 0.15) is 0 Å². The molecule has 3 rings (SSSR count). The van der Waals surface area contributed by atoms with E-state index in [2.05, 4.69) is 41.7 Å². The molecule has 0 spiro atoms. The Morgan fingerprint density at radius 2 is 1.37 bits per heavy atom. The van der Waals surface area contributed by atoms with Crippen molar-refractivity contribution in [3.8, 4) is 11.1 Å². The van der Waals surface area contributed by atoms with Crippen molar-refractivity contribution < 1.29 is 4.79 Å². The minimum Gasteiger partial charge on any atom is -0.355 e. The molecule has 0 fully saturated rings. The molecule has 3 aromatic carbocycles. The van der Waals surface area contributed by atoms with E-state index in [1.807, 2.05) is 48.5 Å². The molecule has 27 heavy (non-hydrogen) atoms. The van der Waals surface area contributed by atoms with E-state index in [9.17, 15) is 4.79 Å². The Hall–Kier alpha value is -2.91. The number of rotatable bonds is 8. The summed E-state index contributed by atoms with van der Waals surface area (Å²) in [6.45, 7) is 0.647. The number of nitrogens with two attached hydrogens (primary N) is 1. The molecule has 0 aromatic heterocycles. The Morgan fingerprint density at radius 3 is 2.04 bits per heavy atom. The zero-order chi connectivity index (χ0) is 18.9. The third kappa shape index (κ3) is 5.80. The number of nitrogens with one attached hydrogen (secondary N) is 1. The number of carbonyl (C=O) groups excluding carboxylic acids is 1. The normalized spacial score (nSPS) is 11.7. The lowest BCUT2D eigenvalue weighted by atomic mass is 10.0. The molecule has 3 nitrogen and oxygen atoms in total. The second kappa shape index (κ2) is 9.70. The van der Waals surface area contributed by atoms with Crippen molar-refractivity contribution in [1.29, 1.82) is 0 Å². The quantitative estimate of drug-likeness (QED) is 0.599. The zero-order valence-corrected chi connectivity index (χ0v) is 15.5. The highest BCUT2D eigenvalue weighted by Crippen LogP contribution is 2.19. The highest BCUT2D eigenvalue weighted by molar-refractivity contribution is 5.81. The molecule has 1 unspecified atom stereocenters. The molecular formula is C24H26N2O. The highest BCUT2D eigenvalue weighted by atomic mass is 16.2. The molecule has 3 aromatic rings. The lowest BCUT2D eigenvalue weighted by molar-refractivity contribution is -0.122. The molecule has 3 heteroatoms. The fourth-order valence-corrected chi connectivity index (χ4v) is 3.09. The fraction of sp³-hybridized carbons (Fsp3) is 0.208. The number of hydrogen-bond donors (Lipinski definition) is 2. The van der Waals surface area contributed by atoms with E-state index >= 15 is 0 Å². The first kappa shape index (κ1) is 18.9. The molecule has 0 aliphatic rings. The molecule has 0 saturated carbocycles.